The number of benzene rings is 1. The van der Waals surface area contributed by atoms with E-state index >= 15 is 0 Å². The zero-order chi connectivity index (χ0) is 12.4. The van der Waals surface area contributed by atoms with Gasteiger partial charge in [0.25, 0.3) is 0 Å². The van der Waals surface area contributed by atoms with E-state index in [1.165, 1.54) is 5.69 Å². The van der Waals surface area contributed by atoms with Crippen molar-refractivity contribution < 1.29 is 9.53 Å². The van der Waals surface area contributed by atoms with E-state index in [4.69, 9.17) is 4.74 Å². The molecule has 0 atom stereocenters. The number of nitrogens with zero attached hydrogens (tertiary/aromatic N) is 2. The van der Waals surface area contributed by atoms with Crippen LogP contribution in [-0.2, 0) is 4.74 Å². The number of hydrogen-bond donors (Lipinski definition) is 1. The van der Waals surface area contributed by atoms with Crippen molar-refractivity contribution in [3.8, 4) is 0 Å². The fourth-order valence-electron chi connectivity index (χ4n) is 2.38. The Labute approximate surface area is 106 Å². The summed E-state index contributed by atoms with van der Waals surface area (Å²) in [5.41, 5.74) is 2.16. The summed E-state index contributed by atoms with van der Waals surface area (Å²) in [5, 5.41) is 2.81. The van der Waals surface area contributed by atoms with E-state index in [9.17, 15) is 4.79 Å². The van der Waals surface area contributed by atoms with Gasteiger partial charge in [-0.2, -0.15) is 0 Å². The van der Waals surface area contributed by atoms with Gasteiger partial charge < -0.3 is 15.0 Å². The second kappa shape index (κ2) is 4.86. The molecule has 0 bridgehead atoms. The van der Waals surface area contributed by atoms with Crippen LogP contribution in [0.25, 0.3) is 0 Å². The molecule has 2 aliphatic rings. The summed E-state index contributed by atoms with van der Waals surface area (Å²) in [6.07, 6.45) is 0. The van der Waals surface area contributed by atoms with Gasteiger partial charge in [-0.25, -0.2) is 4.79 Å². The molecule has 0 aliphatic carbocycles. The quantitative estimate of drug-likeness (QED) is 0.849. The predicted octanol–water partition coefficient (Wildman–Crippen LogP) is 1.05. The topological polar surface area (TPSA) is 44.8 Å². The van der Waals surface area contributed by atoms with Crippen molar-refractivity contribution in [1.29, 1.82) is 0 Å². The van der Waals surface area contributed by atoms with Crippen molar-refractivity contribution in [2.45, 2.75) is 0 Å². The van der Waals surface area contributed by atoms with Gasteiger partial charge in [-0.15, -0.1) is 0 Å². The number of ether oxygens (including phenoxy) is 1. The summed E-state index contributed by atoms with van der Waals surface area (Å²) in [4.78, 5) is 15.6. The second-order valence-electron chi connectivity index (χ2n) is 4.50. The molecular formula is C13H17N3O2. The normalized spacial score (nSPS) is 20.1. The molecule has 5 heteroatoms. The Kier molecular flexibility index (Phi) is 3.06. The Hall–Kier alpha value is -1.75. The molecule has 96 valence electrons. The third-order valence-corrected chi connectivity index (χ3v) is 3.39. The molecule has 1 aromatic carbocycles. The minimum atomic E-state index is -0.00544. The van der Waals surface area contributed by atoms with Crippen molar-refractivity contribution in [3.63, 3.8) is 0 Å². The number of carbonyl (C=O) groups is 1. The molecule has 2 aliphatic heterocycles. The van der Waals surface area contributed by atoms with E-state index in [1.54, 1.807) is 4.90 Å². The second-order valence-corrected chi connectivity index (χ2v) is 4.50. The zero-order valence-electron chi connectivity index (χ0n) is 10.3. The molecule has 18 heavy (non-hydrogen) atoms. The van der Waals surface area contributed by atoms with Crippen molar-refractivity contribution in [1.82, 2.24) is 5.32 Å². The first-order valence-corrected chi connectivity index (χ1v) is 6.33. The lowest BCUT2D eigenvalue weighted by Gasteiger charge is -2.29. The Bertz CT molecular complexity index is 426. The number of rotatable bonds is 2. The molecule has 0 spiro atoms. The monoisotopic (exact) mass is 247 g/mol. The number of urea groups is 1. The van der Waals surface area contributed by atoms with Crippen LogP contribution in [0.2, 0.25) is 0 Å². The lowest BCUT2D eigenvalue weighted by molar-refractivity contribution is 0.122. The van der Waals surface area contributed by atoms with Gasteiger partial charge in [0.1, 0.15) is 0 Å². The van der Waals surface area contributed by atoms with Gasteiger partial charge in [0.05, 0.1) is 13.2 Å². The predicted molar refractivity (Wildman–Crippen MR) is 70.2 cm³/mol. The maximum absolute atomic E-state index is 11.5. The van der Waals surface area contributed by atoms with Crippen LogP contribution in [0.3, 0.4) is 0 Å². The summed E-state index contributed by atoms with van der Waals surface area (Å²) < 4.78 is 5.34. The first-order valence-electron chi connectivity index (χ1n) is 6.33. The van der Waals surface area contributed by atoms with E-state index in [1.807, 2.05) is 12.1 Å². The van der Waals surface area contributed by atoms with Crippen LogP contribution in [0.15, 0.2) is 24.3 Å². The lowest BCUT2D eigenvalue weighted by Crippen LogP contribution is -2.36. The van der Waals surface area contributed by atoms with Crippen molar-refractivity contribution >= 4 is 17.4 Å². The van der Waals surface area contributed by atoms with E-state index in [2.05, 4.69) is 22.3 Å². The van der Waals surface area contributed by atoms with Gasteiger partial charge in [0.15, 0.2) is 0 Å². The highest BCUT2D eigenvalue weighted by Gasteiger charge is 2.21. The fraction of sp³-hybridized carbons (Fsp3) is 0.462. The third kappa shape index (κ3) is 2.13. The molecule has 3 rings (SSSR count). The van der Waals surface area contributed by atoms with E-state index in [0.29, 0.717) is 0 Å². The Morgan fingerprint density at radius 2 is 1.67 bits per heavy atom. The summed E-state index contributed by atoms with van der Waals surface area (Å²) in [7, 11) is 0. The highest BCUT2D eigenvalue weighted by Crippen LogP contribution is 2.22. The summed E-state index contributed by atoms with van der Waals surface area (Å²) in [6.45, 7) is 4.92. The average Bonchev–Trinajstić information content (AvgIpc) is 2.86. The molecule has 0 unspecified atom stereocenters. The molecule has 2 saturated heterocycles. The van der Waals surface area contributed by atoms with Gasteiger partial charge >= 0.3 is 6.03 Å². The van der Waals surface area contributed by atoms with Crippen LogP contribution in [0.4, 0.5) is 16.2 Å². The fourth-order valence-corrected chi connectivity index (χ4v) is 2.38. The van der Waals surface area contributed by atoms with Crippen LogP contribution in [-0.4, -0.2) is 45.4 Å². The largest absolute Gasteiger partial charge is 0.378 e. The van der Waals surface area contributed by atoms with Gasteiger partial charge in [0.2, 0.25) is 0 Å². The molecule has 1 aromatic rings. The first kappa shape index (κ1) is 11.3. The van der Waals surface area contributed by atoms with Crippen molar-refractivity contribution in [2.75, 3.05) is 49.2 Å². The molecule has 0 saturated carbocycles. The minimum Gasteiger partial charge on any atom is -0.378 e. The maximum Gasteiger partial charge on any atom is 0.321 e. The van der Waals surface area contributed by atoms with Gasteiger partial charge in [-0.1, -0.05) is 0 Å². The number of carbonyl (C=O) groups excluding carboxylic acids is 1. The van der Waals surface area contributed by atoms with Crippen molar-refractivity contribution in [3.05, 3.63) is 24.3 Å². The lowest BCUT2D eigenvalue weighted by atomic mass is 10.2. The Balaban J connectivity index is 1.74. The van der Waals surface area contributed by atoms with Gasteiger partial charge in [-0.3, -0.25) is 4.90 Å². The van der Waals surface area contributed by atoms with Crippen LogP contribution in [0, 0.1) is 0 Å². The number of nitrogens with one attached hydrogen (secondary N) is 1. The maximum atomic E-state index is 11.5. The molecule has 1 N–H and O–H groups in total. The van der Waals surface area contributed by atoms with Crippen LogP contribution >= 0.6 is 0 Å². The van der Waals surface area contributed by atoms with Crippen LogP contribution in [0.1, 0.15) is 0 Å². The molecular weight excluding hydrogens is 230 g/mol. The third-order valence-electron chi connectivity index (χ3n) is 3.39. The number of hydrogen-bond acceptors (Lipinski definition) is 3. The molecule has 0 aromatic heterocycles. The Morgan fingerprint density at radius 1 is 1.00 bits per heavy atom. The summed E-state index contributed by atoms with van der Waals surface area (Å²) in [5.74, 6) is 0. The van der Waals surface area contributed by atoms with Gasteiger partial charge in [0, 0.05) is 37.6 Å². The average molecular weight is 247 g/mol. The summed E-state index contributed by atoms with van der Waals surface area (Å²) >= 11 is 0. The van der Waals surface area contributed by atoms with E-state index < -0.39 is 0 Å². The Morgan fingerprint density at radius 3 is 2.28 bits per heavy atom. The first-order chi connectivity index (χ1) is 8.84. The van der Waals surface area contributed by atoms with E-state index in [0.717, 1.165) is 45.1 Å². The van der Waals surface area contributed by atoms with Gasteiger partial charge in [-0.05, 0) is 24.3 Å². The number of anilines is 2. The smallest absolute Gasteiger partial charge is 0.321 e. The van der Waals surface area contributed by atoms with E-state index in [-0.39, 0.29) is 6.03 Å². The zero-order valence-corrected chi connectivity index (χ0v) is 10.3. The summed E-state index contributed by atoms with van der Waals surface area (Å²) in [6, 6.07) is 8.17. The standard InChI is InChI=1S/C13H17N3O2/c17-13-14-5-6-16(13)12-3-1-11(2-4-12)15-7-9-18-10-8-15/h1-4H,5-10H2,(H,14,17). The molecule has 2 amide bonds. The van der Waals surface area contributed by atoms with Crippen LogP contribution in [0.5, 0.6) is 0 Å². The number of amides is 2. The molecule has 2 fully saturated rings. The molecule has 5 nitrogen and oxygen atoms in total. The molecule has 0 radical (unpaired) electrons. The van der Waals surface area contributed by atoms with Crippen molar-refractivity contribution in [2.24, 2.45) is 0 Å². The highest BCUT2D eigenvalue weighted by atomic mass is 16.5. The number of morpholine rings is 1. The SMILES string of the molecule is O=C1NCCN1c1ccc(N2CCOCC2)cc1. The van der Waals surface area contributed by atoms with Crippen LogP contribution < -0.4 is 15.1 Å². The highest BCUT2D eigenvalue weighted by molar-refractivity contribution is 5.94. The molecule has 2 heterocycles. The minimum absolute atomic E-state index is 0.00544.